The van der Waals surface area contributed by atoms with Gasteiger partial charge in [-0.15, -0.1) is 0 Å². The molecule has 0 aliphatic carbocycles. The summed E-state index contributed by atoms with van der Waals surface area (Å²) in [6.45, 7) is 8.46. The lowest BCUT2D eigenvalue weighted by atomic mass is 10.1. The van der Waals surface area contributed by atoms with Crippen molar-refractivity contribution in [1.29, 1.82) is 0 Å². The first kappa shape index (κ1) is 18.9. The van der Waals surface area contributed by atoms with Gasteiger partial charge in [0.15, 0.2) is 0 Å². The Balaban J connectivity index is 3.22. The Morgan fingerprint density at radius 2 is 1.68 bits per heavy atom. The fourth-order valence-corrected chi connectivity index (χ4v) is 2.14. The molecule has 0 bridgehead atoms. The van der Waals surface area contributed by atoms with E-state index in [1.165, 1.54) is 38.5 Å². The highest BCUT2D eigenvalue weighted by atomic mass is 16.5. The lowest BCUT2D eigenvalue weighted by Gasteiger charge is -2.16. The van der Waals surface area contributed by atoms with Crippen molar-refractivity contribution in [3.05, 3.63) is 0 Å². The molecule has 2 unspecified atom stereocenters. The van der Waals surface area contributed by atoms with E-state index >= 15 is 0 Å². The fraction of sp³-hybridized carbons (Fsp3) is 1.00. The minimum absolute atomic E-state index is 0.376. The normalized spacial score (nSPS) is 14.5. The predicted molar refractivity (Wildman–Crippen MR) is 82.6 cm³/mol. The molecule has 0 spiro atoms. The Kier molecular flexibility index (Phi) is 14.2. The van der Waals surface area contributed by atoms with Crippen LogP contribution in [0.1, 0.15) is 72.1 Å². The minimum Gasteiger partial charge on any atom is -0.389 e. The maximum Gasteiger partial charge on any atom is 0.0897 e. The molecule has 3 heteroatoms. The molecule has 0 saturated carbocycles. The lowest BCUT2D eigenvalue weighted by molar-refractivity contribution is 0.0342. The van der Waals surface area contributed by atoms with Crippen molar-refractivity contribution in [2.24, 2.45) is 0 Å². The van der Waals surface area contributed by atoms with Gasteiger partial charge in [-0.3, -0.25) is 0 Å². The second-order valence-corrected chi connectivity index (χ2v) is 5.59. The lowest BCUT2D eigenvalue weighted by Crippen LogP contribution is -2.35. The van der Waals surface area contributed by atoms with Crippen LogP contribution < -0.4 is 5.32 Å². The largest absolute Gasteiger partial charge is 0.389 e. The Bertz CT molecular complexity index is 176. The van der Waals surface area contributed by atoms with Crippen molar-refractivity contribution in [2.75, 3.05) is 19.8 Å². The molecule has 0 aromatic heterocycles. The first-order chi connectivity index (χ1) is 9.20. The number of ether oxygens (including phenoxy) is 1. The number of rotatable bonds is 14. The van der Waals surface area contributed by atoms with Crippen LogP contribution in [0, 0.1) is 0 Å². The molecule has 0 aromatic carbocycles. The molecule has 3 nitrogen and oxygen atoms in total. The van der Waals surface area contributed by atoms with Crippen LogP contribution in [0.4, 0.5) is 0 Å². The van der Waals surface area contributed by atoms with Gasteiger partial charge in [0.25, 0.3) is 0 Å². The standard InChI is InChI=1S/C16H35NO2/c1-4-6-7-8-9-10-12-19-14-16(18)13-17-15(3)11-5-2/h15-18H,4-14H2,1-3H3. The Labute approximate surface area is 120 Å². The van der Waals surface area contributed by atoms with Crippen molar-refractivity contribution in [3.8, 4) is 0 Å². The molecule has 0 aromatic rings. The molecule has 0 radical (unpaired) electrons. The first-order valence-corrected chi connectivity index (χ1v) is 8.19. The first-order valence-electron chi connectivity index (χ1n) is 8.19. The van der Waals surface area contributed by atoms with Crippen LogP contribution in [-0.2, 0) is 4.74 Å². The van der Waals surface area contributed by atoms with Gasteiger partial charge in [0.1, 0.15) is 0 Å². The summed E-state index contributed by atoms with van der Waals surface area (Å²) in [6.07, 6.45) is 9.64. The number of aliphatic hydroxyl groups excluding tert-OH is 1. The average molecular weight is 273 g/mol. The second-order valence-electron chi connectivity index (χ2n) is 5.59. The van der Waals surface area contributed by atoms with Crippen molar-refractivity contribution in [2.45, 2.75) is 84.3 Å². The summed E-state index contributed by atoms with van der Waals surface area (Å²) >= 11 is 0. The summed E-state index contributed by atoms with van der Waals surface area (Å²) in [7, 11) is 0. The second kappa shape index (κ2) is 14.3. The van der Waals surface area contributed by atoms with Gasteiger partial charge in [-0.1, -0.05) is 52.4 Å². The number of unbranched alkanes of at least 4 members (excludes halogenated alkanes) is 5. The van der Waals surface area contributed by atoms with Crippen LogP contribution >= 0.6 is 0 Å². The summed E-state index contributed by atoms with van der Waals surface area (Å²) < 4.78 is 5.50. The molecule has 0 rings (SSSR count). The van der Waals surface area contributed by atoms with E-state index in [1.54, 1.807) is 0 Å². The van der Waals surface area contributed by atoms with Crippen molar-refractivity contribution >= 4 is 0 Å². The van der Waals surface area contributed by atoms with Gasteiger partial charge in [-0.25, -0.2) is 0 Å². The van der Waals surface area contributed by atoms with E-state index in [-0.39, 0.29) is 6.10 Å². The number of nitrogens with one attached hydrogen (secondary N) is 1. The molecular formula is C16H35NO2. The van der Waals surface area contributed by atoms with Crippen LogP contribution in [0.2, 0.25) is 0 Å². The Morgan fingerprint density at radius 3 is 2.37 bits per heavy atom. The zero-order valence-electron chi connectivity index (χ0n) is 13.3. The Morgan fingerprint density at radius 1 is 1.00 bits per heavy atom. The zero-order chi connectivity index (χ0) is 14.3. The van der Waals surface area contributed by atoms with Gasteiger partial charge in [0, 0.05) is 19.2 Å². The van der Waals surface area contributed by atoms with Gasteiger partial charge in [-0.2, -0.15) is 0 Å². The molecule has 0 saturated heterocycles. The van der Waals surface area contributed by atoms with Gasteiger partial charge >= 0.3 is 0 Å². The maximum atomic E-state index is 9.75. The van der Waals surface area contributed by atoms with E-state index < -0.39 is 0 Å². The van der Waals surface area contributed by atoms with Gasteiger partial charge < -0.3 is 15.2 Å². The van der Waals surface area contributed by atoms with E-state index in [9.17, 15) is 5.11 Å². The third-order valence-electron chi connectivity index (χ3n) is 3.38. The van der Waals surface area contributed by atoms with Gasteiger partial charge in [-0.05, 0) is 19.8 Å². The van der Waals surface area contributed by atoms with E-state index in [0.717, 1.165) is 19.4 Å². The Hall–Kier alpha value is -0.120. The van der Waals surface area contributed by atoms with E-state index in [4.69, 9.17) is 4.74 Å². The molecule has 2 atom stereocenters. The number of hydrogen-bond acceptors (Lipinski definition) is 3. The quantitative estimate of drug-likeness (QED) is 0.476. The molecule has 0 amide bonds. The van der Waals surface area contributed by atoms with Gasteiger partial charge in [0.2, 0.25) is 0 Å². The van der Waals surface area contributed by atoms with E-state index in [2.05, 4.69) is 26.1 Å². The monoisotopic (exact) mass is 273 g/mol. The van der Waals surface area contributed by atoms with Crippen LogP contribution in [0.5, 0.6) is 0 Å². The number of hydrogen-bond donors (Lipinski definition) is 2. The predicted octanol–water partition coefficient (Wildman–Crippen LogP) is 3.50. The maximum absolute atomic E-state index is 9.75. The molecule has 116 valence electrons. The molecule has 19 heavy (non-hydrogen) atoms. The molecule has 0 aliphatic heterocycles. The molecule has 2 N–H and O–H groups in total. The SMILES string of the molecule is CCCCCCCCOCC(O)CNC(C)CCC. The molecule has 0 aliphatic rings. The highest BCUT2D eigenvalue weighted by Gasteiger charge is 2.06. The molecular weight excluding hydrogens is 238 g/mol. The van der Waals surface area contributed by atoms with Crippen molar-refractivity contribution in [3.63, 3.8) is 0 Å². The van der Waals surface area contributed by atoms with E-state index in [0.29, 0.717) is 19.2 Å². The third kappa shape index (κ3) is 14.1. The number of aliphatic hydroxyl groups is 1. The van der Waals surface area contributed by atoms with Crippen LogP contribution in [0.25, 0.3) is 0 Å². The highest BCUT2D eigenvalue weighted by Crippen LogP contribution is 2.05. The molecule has 0 heterocycles. The van der Waals surface area contributed by atoms with Gasteiger partial charge in [0.05, 0.1) is 12.7 Å². The van der Waals surface area contributed by atoms with E-state index in [1.807, 2.05) is 0 Å². The molecule has 0 fully saturated rings. The van der Waals surface area contributed by atoms with Crippen LogP contribution in [0.3, 0.4) is 0 Å². The highest BCUT2D eigenvalue weighted by molar-refractivity contribution is 4.64. The van der Waals surface area contributed by atoms with Crippen LogP contribution in [0.15, 0.2) is 0 Å². The topological polar surface area (TPSA) is 41.5 Å². The van der Waals surface area contributed by atoms with Crippen molar-refractivity contribution in [1.82, 2.24) is 5.32 Å². The summed E-state index contributed by atoms with van der Waals surface area (Å²) in [5.41, 5.74) is 0. The summed E-state index contributed by atoms with van der Waals surface area (Å²) in [5, 5.41) is 13.1. The summed E-state index contributed by atoms with van der Waals surface area (Å²) in [6, 6.07) is 0.484. The average Bonchev–Trinajstić information content (AvgIpc) is 2.40. The third-order valence-corrected chi connectivity index (χ3v) is 3.38. The van der Waals surface area contributed by atoms with Crippen LogP contribution in [-0.4, -0.2) is 37.0 Å². The summed E-state index contributed by atoms with van der Waals surface area (Å²) in [4.78, 5) is 0. The minimum atomic E-state index is -0.376. The zero-order valence-corrected chi connectivity index (χ0v) is 13.3. The smallest absolute Gasteiger partial charge is 0.0897 e. The summed E-state index contributed by atoms with van der Waals surface area (Å²) in [5.74, 6) is 0. The van der Waals surface area contributed by atoms with Crippen molar-refractivity contribution < 1.29 is 9.84 Å². The fourth-order valence-electron chi connectivity index (χ4n) is 2.14.